The third kappa shape index (κ3) is 2.16. The molecule has 0 amide bonds. The van der Waals surface area contributed by atoms with Gasteiger partial charge in [-0.15, -0.1) is 0 Å². The molecule has 0 spiro atoms. The average molecular weight is 295 g/mol. The first-order chi connectivity index (χ1) is 10.8. The van der Waals surface area contributed by atoms with E-state index >= 15 is 0 Å². The minimum absolute atomic E-state index is 0.119. The van der Waals surface area contributed by atoms with Crippen LogP contribution in [0.25, 0.3) is 0 Å². The van der Waals surface area contributed by atoms with Gasteiger partial charge >= 0.3 is 5.97 Å². The number of anilines is 1. The van der Waals surface area contributed by atoms with Crippen molar-refractivity contribution in [2.24, 2.45) is 5.92 Å². The molecule has 2 fully saturated rings. The molecule has 0 radical (unpaired) electrons. The molecule has 0 unspecified atom stereocenters. The zero-order chi connectivity index (χ0) is 14.9. The fourth-order valence-electron chi connectivity index (χ4n) is 3.30. The molecule has 4 nitrogen and oxygen atoms in total. The number of hydrogen-bond acceptors (Lipinski definition) is 4. The number of carbonyl (C=O) groups is 1. The molecular weight excluding hydrogens is 278 g/mol. The van der Waals surface area contributed by atoms with Crippen LogP contribution in [0.4, 0.5) is 5.69 Å². The van der Waals surface area contributed by atoms with E-state index in [9.17, 15) is 4.79 Å². The summed E-state index contributed by atoms with van der Waals surface area (Å²) in [6, 6.07) is 19.8. The highest BCUT2D eigenvalue weighted by Gasteiger charge is 2.51. The van der Waals surface area contributed by atoms with Crippen molar-refractivity contribution in [3.05, 3.63) is 66.2 Å². The lowest BCUT2D eigenvalue weighted by molar-refractivity contribution is -0.157. The maximum absolute atomic E-state index is 12.3. The quantitative estimate of drug-likeness (QED) is 0.798. The van der Waals surface area contributed by atoms with E-state index in [1.54, 1.807) is 0 Å². The second-order valence-corrected chi connectivity index (χ2v) is 5.64. The van der Waals surface area contributed by atoms with Crippen molar-refractivity contribution < 1.29 is 14.4 Å². The van der Waals surface area contributed by atoms with Crippen molar-refractivity contribution in [3.63, 3.8) is 0 Å². The average Bonchev–Trinajstić information content (AvgIpc) is 2.97. The number of hydroxylamine groups is 1. The van der Waals surface area contributed by atoms with E-state index in [2.05, 4.69) is 0 Å². The van der Waals surface area contributed by atoms with Gasteiger partial charge in [-0.3, -0.25) is 9.63 Å². The highest BCUT2D eigenvalue weighted by atomic mass is 16.7. The zero-order valence-corrected chi connectivity index (χ0v) is 12.1. The maximum atomic E-state index is 12.3. The standard InChI is InChI=1S/C18H17NO3/c20-18-16-15(11-12-21-18)22-19(14-9-5-2-6-10-14)17(16)13-7-3-1-4-8-13/h1-10,15-17H,11-12H2/t15-,16+,17+/m0/s1. The molecule has 112 valence electrons. The summed E-state index contributed by atoms with van der Waals surface area (Å²) in [5.41, 5.74) is 2.02. The van der Waals surface area contributed by atoms with Crippen LogP contribution in [-0.4, -0.2) is 18.7 Å². The molecule has 0 saturated carbocycles. The van der Waals surface area contributed by atoms with Gasteiger partial charge in [0.25, 0.3) is 0 Å². The fraction of sp³-hybridized carbons (Fsp3) is 0.278. The van der Waals surface area contributed by atoms with Crippen LogP contribution in [0.1, 0.15) is 18.0 Å². The minimum Gasteiger partial charge on any atom is -0.465 e. The Balaban J connectivity index is 1.78. The Kier molecular flexibility index (Phi) is 3.31. The first kappa shape index (κ1) is 13.3. The summed E-state index contributed by atoms with van der Waals surface area (Å²) in [4.78, 5) is 18.4. The second-order valence-electron chi connectivity index (χ2n) is 5.64. The Morgan fingerprint density at radius 1 is 0.955 bits per heavy atom. The Morgan fingerprint density at radius 3 is 2.36 bits per heavy atom. The van der Waals surface area contributed by atoms with Gasteiger partial charge < -0.3 is 4.74 Å². The first-order valence-electron chi connectivity index (χ1n) is 7.57. The van der Waals surface area contributed by atoms with Gasteiger partial charge in [0.2, 0.25) is 0 Å². The number of fused-ring (bicyclic) bond motifs is 1. The molecular formula is C18H17NO3. The van der Waals surface area contributed by atoms with Crippen molar-refractivity contribution >= 4 is 11.7 Å². The van der Waals surface area contributed by atoms with Gasteiger partial charge in [0.1, 0.15) is 12.0 Å². The fourth-order valence-corrected chi connectivity index (χ4v) is 3.30. The Morgan fingerprint density at radius 2 is 1.64 bits per heavy atom. The molecule has 0 N–H and O–H groups in total. The molecule has 22 heavy (non-hydrogen) atoms. The monoisotopic (exact) mass is 295 g/mol. The molecule has 0 aliphatic carbocycles. The van der Waals surface area contributed by atoms with E-state index in [0.717, 1.165) is 17.7 Å². The largest absolute Gasteiger partial charge is 0.465 e. The number of rotatable bonds is 2. The smallest absolute Gasteiger partial charge is 0.314 e. The maximum Gasteiger partial charge on any atom is 0.314 e. The lowest BCUT2D eigenvalue weighted by Crippen LogP contribution is -2.36. The summed E-state index contributed by atoms with van der Waals surface area (Å²) in [5, 5.41) is 1.87. The molecule has 2 heterocycles. The molecule has 0 aromatic heterocycles. The summed E-state index contributed by atoms with van der Waals surface area (Å²) >= 11 is 0. The van der Waals surface area contributed by atoms with E-state index in [1.165, 1.54) is 0 Å². The molecule has 2 aromatic rings. The molecule has 0 bridgehead atoms. The van der Waals surface area contributed by atoms with Crippen molar-refractivity contribution in [1.29, 1.82) is 0 Å². The van der Waals surface area contributed by atoms with Crippen molar-refractivity contribution in [2.45, 2.75) is 18.6 Å². The topological polar surface area (TPSA) is 38.8 Å². The first-order valence-corrected chi connectivity index (χ1v) is 7.57. The molecule has 2 aliphatic heterocycles. The van der Waals surface area contributed by atoms with E-state index in [-0.39, 0.29) is 24.0 Å². The van der Waals surface area contributed by atoms with Crippen molar-refractivity contribution in [2.75, 3.05) is 11.7 Å². The van der Waals surface area contributed by atoms with Crippen LogP contribution in [-0.2, 0) is 14.4 Å². The Hall–Kier alpha value is -2.33. The van der Waals surface area contributed by atoms with E-state index in [1.807, 2.05) is 65.7 Å². The van der Waals surface area contributed by atoms with Crippen LogP contribution < -0.4 is 5.06 Å². The zero-order valence-electron chi connectivity index (χ0n) is 12.1. The molecule has 2 aromatic carbocycles. The van der Waals surface area contributed by atoms with Gasteiger partial charge in [0, 0.05) is 6.42 Å². The van der Waals surface area contributed by atoms with Crippen LogP contribution in [0.15, 0.2) is 60.7 Å². The third-order valence-corrected chi connectivity index (χ3v) is 4.31. The number of hydrogen-bond donors (Lipinski definition) is 0. The summed E-state index contributed by atoms with van der Waals surface area (Å²) < 4.78 is 5.28. The minimum atomic E-state index is -0.281. The van der Waals surface area contributed by atoms with Gasteiger partial charge in [-0.2, -0.15) is 0 Å². The van der Waals surface area contributed by atoms with Gasteiger partial charge in [0.05, 0.1) is 18.3 Å². The van der Waals surface area contributed by atoms with E-state index in [4.69, 9.17) is 9.57 Å². The highest BCUT2D eigenvalue weighted by Crippen LogP contribution is 2.45. The van der Waals surface area contributed by atoms with Crippen LogP contribution in [0, 0.1) is 5.92 Å². The van der Waals surface area contributed by atoms with Crippen molar-refractivity contribution in [3.8, 4) is 0 Å². The van der Waals surface area contributed by atoms with Gasteiger partial charge in [-0.05, 0) is 17.7 Å². The predicted octanol–water partition coefficient (Wildman–Crippen LogP) is 3.11. The number of esters is 1. The highest BCUT2D eigenvalue weighted by molar-refractivity contribution is 5.76. The van der Waals surface area contributed by atoms with Gasteiger partial charge in [0.15, 0.2) is 0 Å². The van der Waals surface area contributed by atoms with Crippen LogP contribution in [0.3, 0.4) is 0 Å². The predicted molar refractivity (Wildman–Crippen MR) is 82.0 cm³/mol. The Bertz CT molecular complexity index is 659. The molecule has 4 heteroatoms. The SMILES string of the molecule is O=C1OCC[C@@H]2ON(c3ccccc3)[C@H](c3ccccc3)[C@H]12. The summed E-state index contributed by atoms with van der Waals surface area (Å²) in [6.07, 6.45) is 0.620. The lowest BCUT2D eigenvalue weighted by atomic mass is 9.87. The number of nitrogens with zero attached hydrogens (tertiary/aromatic N) is 1. The second kappa shape index (κ2) is 5.46. The molecule has 2 aliphatic rings. The van der Waals surface area contributed by atoms with Gasteiger partial charge in [-0.1, -0.05) is 48.5 Å². The van der Waals surface area contributed by atoms with E-state index in [0.29, 0.717) is 6.61 Å². The Labute approximate surface area is 129 Å². The van der Waals surface area contributed by atoms with Gasteiger partial charge in [-0.25, -0.2) is 5.06 Å². The number of carbonyl (C=O) groups excluding carboxylic acids is 1. The van der Waals surface area contributed by atoms with E-state index < -0.39 is 0 Å². The van der Waals surface area contributed by atoms with Crippen molar-refractivity contribution in [1.82, 2.24) is 0 Å². The van der Waals surface area contributed by atoms with Crippen LogP contribution >= 0.6 is 0 Å². The number of para-hydroxylation sites is 1. The van der Waals surface area contributed by atoms with Crippen LogP contribution in [0.5, 0.6) is 0 Å². The number of ether oxygens (including phenoxy) is 1. The van der Waals surface area contributed by atoms with Crippen LogP contribution in [0.2, 0.25) is 0 Å². The molecule has 2 saturated heterocycles. The lowest BCUT2D eigenvalue weighted by Gasteiger charge is -2.27. The summed E-state index contributed by atoms with van der Waals surface area (Å²) in [7, 11) is 0. The summed E-state index contributed by atoms with van der Waals surface area (Å²) in [5.74, 6) is -0.445. The third-order valence-electron chi connectivity index (χ3n) is 4.31. The number of benzene rings is 2. The molecule has 4 rings (SSSR count). The summed E-state index contributed by atoms with van der Waals surface area (Å²) in [6.45, 7) is 0.435. The molecule has 3 atom stereocenters. The normalized spacial score (nSPS) is 27.4. The number of cyclic esters (lactones) is 1.